The van der Waals surface area contributed by atoms with E-state index in [4.69, 9.17) is 11.6 Å². The zero-order valence-corrected chi connectivity index (χ0v) is 17.4. The standard InChI is InChI=1S/C22H18ClN3O3S/c23-15-10-9-14(13-17(15)25-22(29)19-7-4-12-30-19)21(28)24-16-5-1-2-6-18(16)26-11-3-8-20(26)27/h1-2,4-7,9-10,12-13H,3,8,11H2,(H,24,28)(H,25,29). The van der Waals surface area contributed by atoms with Crippen LogP contribution in [0.25, 0.3) is 0 Å². The first-order chi connectivity index (χ1) is 14.5. The van der Waals surface area contributed by atoms with Crippen LogP contribution in [-0.2, 0) is 4.79 Å². The van der Waals surface area contributed by atoms with Crippen molar-refractivity contribution in [3.63, 3.8) is 0 Å². The number of anilines is 3. The first kappa shape index (κ1) is 20.1. The summed E-state index contributed by atoms with van der Waals surface area (Å²) in [5.74, 6) is -0.610. The summed E-state index contributed by atoms with van der Waals surface area (Å²) in [6, 6.07) is 15.4. The van der Waals surface area contributed by atoms with Crippen LogP contribution < -0.4 is 15.5 Å². The van der Waals surface area contributed by atoms with E-state index in [0.29, 0.717) is 45.5 Å². The molecule has 2 heterocycles. The number of nitrogens with one attached hydrogen (secondary N) is 2. The maximum absolute atomic E-state index is 12.9. The van der Waals surface area contributed by atoms with Crippen molar-refractivity contribution >= 4 is 57.7 Å². The Bertz CT molecular complexity index is 1110. The second-order valence-electron chi connectivity index (χ2n) is 6.75. The largest absolute Gasteiger partial charge is 0.320 e. The number of para-hydroxylation sites is 2. The van der Waals surface area contributed by atoms with Crippen LogP contribution in [0.1, 0.15) is 32.9 Å². The summed E-state index contributed by atoms with van der Waals surface area (Å²) in [6.07, 6.45) is 1.30. The van der Waals surface area contributed by atoms with Crippen LogP contribution in [0, 0.1) is 0 Å². The predicted octanol–water partition coefficient (Wildman–Crippen LogP) is 5.03. The average Bonchev–Trinajstić information content (AvgIpc) is 3.42. The first-order valence-corrected chi connectivity index (χ1v) is 10.6. The third-order valence-corrected chi connectivity index (χ3v) is 5.94. The minimum atomic E-state index is -0.364. The highest BCUT2D eigenvalue weighted by Crippen LogP contribution is 2.30. The molecule has 0 aliphatic carbocycles. The molecule has 1 aliphatic rings. The molecule has 0 atom stereocenters. The van der Waals surface area contributed by atoms with Crippen molar-refractivity contribution in [2.24, 2.45) is 0 Å². The number of thiophene rings is 1. The number of hydrogen-bond donors (Lipinski definition) is 2. The average molecular weight is 440 g/mol. The summed E-state index contributed by atoms with van der Waals surface area (Å²) in [4.78, 5) is 39.6. The van der Waals surface area contributed by atoms with Gasteiger partial charge in [0.15, 0.2) is 0 Å². The zero-order chi connectivity index (χ0) is 21.1. The summed E-state index contributed by atoms with van der Waals surface area (Å²) in [5, 5.41) is 7.75. The molecule has 0 spiro atoms. The van der Waals surface area contributed by atoms with Gasteiger partial charge in [-0.3, -0.25) is 14.4 Å². The highest BCUT2D eigenvalue weighted by Gasteiger charge is 2.24. The fraction of sp³-hybridized carbons (Fsp3) is 0.136. The molecule has 0 unspecified atom stereocenters. The molecule has 0 saturated carbocycles. The van der Waals surface area contributed by atoms with Crippen LogP contribution in [0.3, 0.4) is 0 Å². The van der Waals surface area contributed by atoms with Gasteiger partial charge >= 0.3 is 0 Å². The van der Waals surface area contributed by atoms with Gasteiger partial charge in [0.2, 0.25) is 5.91 Å². The lowest BCUT2D eigenvalue weighted by atomic mass is 10.1. The van der Waals surface area contributed by atoms with E-state index in [-0.39, 0.29) is 17.7 Å². The van der Waals surface area contributed by atoms with Gasteiger partial charge in [-0.2, -0.15) is 0 Å². The van der Waals surface area contributed by atoms with E-state index >= 15 is 0 Å². The molecule has 2 N–H and O–H groups in total. The summed E-state index contributed by atoms with van der Waals surface area (Å²) in [7, 11) is 0. The van der Waals surface area contributed by atoms with Gasteiger partial charge in [0.25, 0.3) is 11.8 Å². The quantitative estimate of drug-likeness (QED) is 0.585. The van der Waals surface area contributed by atoms with Gasteiger partial charge in [-0.1, -0.05) is 29.8 Å². The van der Waals surface area contributed by atoms with Crippen molar-refractivity contribution in [2.45, 2.75) is 12.8 Å². The summed E-state index contributed by atoms with van der Waals surface area (Å²) >= 11 is 7.52. The Hall–Kier alpha value is -3.16. The third kappa shape index (κ3) is 4.22. The fourth-order valence-corrected chi connectivity index (χ4v) is 4.05. The molecule has 6 nitrogen and oxygen atoms in total. The van der Waals surface area contributed by atoms with Gasteiger partial charge in [0.1, 0.15) is 0 Å². The molecule has 2 aromatic carbocycles. The smallest absolute Gasteiger partial charge is 0.265 e. The monoisotopic (exact) mass is 439 g/mol. The molecule has 3 amide bonds. The topological polar surface area (TPSA) is 78.5 Å². The minimum Gasteiger partial charge on any atom is -0.320 e. The van der Waals surface area contributed by atoms with Crippen LogP contribution >= 0.6 is 22.9 Å². The van der Waals surface area contributed by atoms with Crippen molar-refractivity contribution in [2.75, 3.05) is 22.1 Å². The molecule has 3 aromatic rings. The van der Waals surface area contributed by atoms with Gasteiger partial charge in [-0.05, 0) is 48.2 Å². The molecular weight excluding hydrogens is 422 g/mol. The van der Waals surface area contributed by atoms with Crippen molar-refractivity contribution in [1.29, 1.82) is 0 Å². The molecule has 152 valence electrons. The van der Waals surface area contributed by atoms with Crippen molar-refractivity contribution in [3.8, 4) is 0 Å². The van der Waals surface area contributed by atoms with Crippen LogP contribution in [-0.4, -0.2) is 24.3 Å². The molecule has 30 heavy (non-hydrogen) atoms. The Morgan fingerprint density at radius 1 is 0.967 bits per heavy atom. The van der Waals surface area contributed by atoms with Crippen LogP contribution in [0.4, 0.5) is 17.1 Å². The molecule has 8 heteroatoms. The highest BCUT2D eigenvalue weighted by atomic mass is 35.5. The van der Waals surface area contributed by atoms with Gasteiger partial charge in [0, 0.05) is 18.5 Å². The zero-order valence-electron chi connectivity index (χ0n) is 15.9. The Balaban J connectivity index is 1.55. The van der Waals surface area contributed by atoms with E-state index in [1.165, 1.54) is 17.4 Å². The SMILES string of the molecule is O=C(Nc1ccccc1N1CCCC1=O)c1ccc(Cl)c(NC(=O)c2cccs2)c1. The second-order valence-corrected chi connectivity index (χ2v) is 8.10. The van der Waals surface area contributed by atoms with Gasteiger partial charge in [0.05, 0.1) is 27.0 Å². The normalized spacial score (nSPS) is 13.4. The molecule has 1 saturated heterocycles. The number of hydrogen-bond acceptors (Lipinski definition) is 4. The lowest BCUT2D eigenvalue weighted by Crippen LogP contribution is -2.25. The number of carbonyl (C=O) groups is 3. The lowest BCUT2D eigenvalue weighted by Gasteiger charge is -2.20. The fourth-order valence-electron chi connectivity index (χ4n) is 3.27. The van der Waals surface area contributed by atoms with Gasteiger partial charge in [-0.25, -0.2) is 0 Å². The molecule has 4 rings (SSSR count). The number of halogens is 1. The Kier molecular flexibility index (Phi) is 5.83. The molecule has 0 radical (unpaired) electrons. The van der Waals surface area contributed by atoms with E-state index in [9.17, 15) is 14.4 Å². The van der Waals surface area contributed by atoms with E-state index in [1.54, 1.807) is 41.3 Å². The van der Waals surface area contributed by atoms with Crippen LogP contribution in [0.5, 0.6) is 0 Å². The number of nitrogens with zero attached hydrogens (tertiary/aromatic N) is 1. The molecule has 1 aromatic heterocycles. The van der Waals surface area contributed by atoms with E-state index in [2.05, 4.69) is 10.6 Å². The van der Waals surface area contributed by atoms with Gasteiger partial charge in [-0.15, -0.1) is 11.3 Å². The maximum atomic E-state index is 12.9. The number of amides is 3. The molecule has 1 fully saturated rings. The first-order valence-electron chi connectivity index (χ1n) is 9.38. The Morgan fingerprint density at radius 3 is 2.50 bits per heavy atom. The lowest BCUT2D eigenvalue weighted by molar-refractivity contribution is -0.117. The van der Waals surface area contributed by atoms with Crippen molar-refractivity contribution in [3.05, 3.63) is 75.4 Å². The minimum absolute atomic E-state index is 0.0433. The predicted molar refractivity (Wildman–Crippen MR) is 120 cm³/mol. The summed E-state index contributed by atoms with van der Waals surface area (Å²) in [5.41, 5.74) is 1.92. The van der Waals surface area contributed by atoms with Gasteiger partial charge < -0.3 is 15.5 Å². The molecule has 1 aliphatic heterocycles. The van der Waals surface area contributed by atoms with Crippen LogP contribution in [0.2, 0.25) is 5.02 Å². The summed E-state index contributed by atoms with van der Waals surface area (Å²) < 4.78 is 0. The number of rotatable bonds is 5. The summed E-state index contributed by atoms with van der Waals surface area (Å²) in [6.45, 7) is 0.631. The molecule has 0 bridgehead atoms. The number of carbonyl (C=O) groups excluding carboxylic acids is 3. The highest BCUT2D eigenvalue weighted by molar-refractivity contribution is 7.12. The Labute approximate surface area is 182 Å². The van der Waals surface area contributed by atoms with Crippen molar-refractivity contribution in [1.82, 2.24) is 0 Å². The Morgan fingerprint density at radius 2 is 1.77 bits per heavy atom. The van der Waals surface area contributed by atoms with E-state index in [1.807, 2.05) is 17.5 Å². The second kappa shape index (κ2) is 8.69. The van der Waals surface area contributed by atoms with Crippen LogP contribution in [0.15, 0.2) is 60.0 Å². The molecular formula is C22H18ClN3O3S. The maximum Gasteiger partial charge on any atom is 0.265 e. The number of benzene rings is 2. The van der Waals surface area contributed by atoms with E-state index < -0.39 is 0 Å². The van der Waals surface area contributed by atoms with Crippen molar-refractivity contribution < 1.29 is 14.4 Å². The van der Waals surface area contributed by atoms with E-state index in [0.717, 1.165) is 6.42 Å². The third-order valence-electron chi connectivity index (χ3n) is 4.74.